The average molecular weight is 196 g/mol. The van der Waals surface area contributed by atoms with E-state index in [0.717, 1.165) is 37.9 Å². The van der Waals surface area contributed by atoms with Crippen molar-refractivity contribution in [3.63, 3.8) is 0 Å². The van der Waals surface area contributed by atoms with E-state index in [0.29, 0.717) is 5.92 Å². The Morgan fingerprint density at radius 2 is 2.50 bits per heavy atom. The van der Waals surface area contributed by atoms with Crippen molar-refractivity contribution in [3.05, 3.63) is 11.8 Å². The summed E-state index contributed by atoms with van der Waals surface area (Å²) in [4.78, 5) is 0. The summed E-state index contributed by atoms with van der Waals surface area (Å²) in [6, 6.07) is 0. The van der Waals surface area contributed by atoms with Gasteiger partial charge in [-0.2, -0.15) is 0 Å². The number of hydrogen-bond donors (Lipinski definition) is 1. The maximum Gasteiger partial charge on any atom is 0.0912 e. The Bertz CT molecular complexity index is 234. The van der Waals surface area contributed by atoms with Crippen LogP contribution in [0.5, 0.6) is 0 Å². The second kappa shape index (κ2) is 3.93. The van der Waals surface area contributed by atoms with Gasteiger partial charge in [0.05, 0.1) is 18.5 Å². The zero-order chi connectivity index (χ0) is 10.0. The highest BCUT2D eigenvalue weighted by Crippen LogP contribution is 2.40. The highest BCUT2D eigenvalue weighted by Gasteiger charge is 2.38. The van der Waals surface area contributed by atoms with E-state index in [1.54, 1.807) is 6.26 Å². The number of rotatable bonds is 2. The quantitative estimate of drug-likeness (QED) is 0.735. The fourth-order valence-corrected chi connectivity index (χ4v) is 2.73. The van der Waals surface area contributed by atoms with Crippen LogP contribution in [0.25, 0.3) is 0 Å². The summed E-state index contributed by atoms with van der Waals surface area (Å²) in [5.74, 6) is 0.704. The Morgan fingerprint density at radius 3 is 3.14 bits per heavy atom. The van der Waals surface area contributed by atoms with E-state index >= 15 is 0 Å². The lowest BCUT2D eigenvalue weighted by Crippen LogP contribution is -2.36. The van der Waals surface area contributed by atoms with Crippen LogP contribution in [0.3, 0.4) is 0 Å². The molecule has 0 bridgehead atoms. The molecule has 2 heteroatoms. The zero-order valence-electron chi connectivity index (χ0n) is 8.96. The van der Waals surface area contributed by atoms with Crippen LogP contribution in [0.2, 0.25) is 0 Å². The van der Waals surface area contributed by atoms with Crippen LogP contribution in [0.4, 0.5) is 0 Å². The standard InChI is InChI=1S/C12H20O2/c1-2-10-4-3-6-12(13,8-10)11-5-7-14-9-11/h9-10,13H,2-8H2,1H3. The van der Waals surface area contributed by atoms with E-state index in [-0.39, 0.29) is 0 Å². The maximum absolute atomic E-state index is 10.5. The second-order valence-electron chi connectivity index (χ2n) is 4.67. The summed E-state index contributed by atoms with van der Waals surface area (Å²) in [5, 5.41) is 10.5. The lowest BCUT2D eigenvalue weighted by atomic mass is 9.73. The van der Waals surface area contributed by atoms with Crippen LogP contribution in [0.15, 0.2) is 11.8 Å². The topological polar surface area (TPSA) is 29.5 Å². The number of hydrogen-bond acceptors (Lipinski definition) is 2. The first kappa shape index (κ1) is 10.0. The largest absolute Gasteiger partial charge is 0.501 e. The summed E-state index contributed by atoms with van der Waals surface area (Å²) in [6.07, 6.45) is 8.22. The molecule has 2 rings (SSSR count). The van der Waals surface area contributed by atoms with E-state index in [9.17, 15) is 5.11 Å². The molecule has 1 heterocycles. The van der Waals surface area contributed by atoms with Gasteiger partial charge in [-0.15, -0.1) is 0 Å². The summed E-state index contributed by atoms with van der Waals surface area (Å²) in [5.41, 5.74) is 0.603. The molecule has 0 amide bonds. The molecule has 2 atom stereocenters. The van der Waals surface area contributed by atoms with Crippen molar-refractivity contribution in [2.75, 3.05) is 6.61 Å². The molecule has 2 aliphatic rings. The summed E-state index contributed by atoms with van der Waals surface area (Å²) >= 11 is 0. The maximum atomic E-state index is 10.5. The molecule has 2 nitrogen and oxygen atoms in total. The van der Waals surface area contributed by atoms with Crippen LogP contribution in [0, 0.1) is 5.92 Å². The second-order valence-corrected chi connectivity index (χ2v) is 4.67. The molecule has 1 aliphatic heterocycles. The molecule has 14 heavy (non-hydrogen) atoms. The van der Waals surface area contributed by atoms with Crippen LogP contribution < -0.4 is 0 Å². The van der Waals surface area contributed by atoms with Gasteiger partial charge in [-0.1, -0.05) is 19.8 Å². The predicted molar refractivity (Wildman–Crippen MR) is 55.9 cm³/mol. The smallest absolute Gasteiger partial charge is 0.0912 e. The number of ether oxygens (including phenoxy) is 1. The van der Waals surface area contributed by atoms with Gasteiger partial charge in [-0.3, -0.25) is 0 Å². The molecule has 1 N–H and O–H groups in total. The van der Waals surface area contributed by atoms with E-state index < -0.39 is 5.60 Å². The fraction of sp³-hybridized carbons (Fsp3) is 0.833. The monoisotopic (exact) mass is 196 g/mol. The van der Waals surface area contributed by atoms with Crippen molar-refractivity contribution >= 4 is 0 Å². The van der Waals surface area contributed by atoms with Gasteiger partial charge in [-0.25, -0.2) is 0 Å². The molecular weight excluding hydrogens is 176 g/mol. The molecule has 80 valence electrons. The minimum Gasteiger partial charge on any atom is -0.501 e. The first-order chi connectivity index (χ1) is 6.74. The Hall–Kier alpha value is -0.500. The molecule has 0 spiro atoms. The SMILES string of the molecule is CCC1CCCC(O)(C2=COCC2)C1. The lowest BCUT2D eigenvalue weighted by molar-refractivity contribution is 0.0148. The Balaban J connectivity index is 2.06. The van der Waals surface area contributed by atoms with E-state index in [4.69, 9.17) is 4.74 Å². The predicted octanol–water partition coefficient (Wildman–Crippen LogP) is 2.62. The van der Waals surface area contributed by atoms with Crippen molar-refractivity contribution in [3.8, 4) is 0 Å². The lowest BCUT2D eigenvalue weighted by Gasteiger charge is -2.37. The van der Waals surface area contributed by atoms with Crippen LogP contribution in [0.1, 0.15) is 45.4 Å². The van der Waals surface area contributed by atoms with Gasteiger partial charge in [0, 0.05) is 6.42 Å². The van der Waals surface area contributed by atoms with Gasteiger partial charge in [0.15, 0.2) is 0 Å². The highest BCUT2D eigenvalue weighted by molar-refractivity contribution is 5.18. The Labute approximate surface area is 86.0 Å². The van der Waals surface area contributed by atoms with E-state index in [1.165, 1.54) is 12.8 Å². The average Bonchev–Trinajstić information content (AvgIpc) is 2.71. The van der Waals surface area contributed by atoms with Gasteiger partial charge < -0.3 is 9.84 Å². The fourth-order valence-electron chi connectivity index (χ4n) is 2.73. The Kier molecular flexibility index (Phi) is 2.82. The molecule has 0 radical (unpaired) electrons. The molecule has 1 fully saturated rings. The van der Waals surface area contributed by atoms with E-state index in [2.05, 4.69) is 6.92 Å². The summed E-state index contributed by atoms with van der Waals surface area (Å²) in [6.45, 7) is 2.98. The summed E-state index contributed by atoms with van der Waals surface area (Å²) < 4.78 is 5.22. The van der Waals surface area contributed by atoms with Crippen LogP contribution in [-0.2, 0) is 4.74 Å². The Morgan fingerprint density at radius 1 is 1.64 bits per heavy atom. The zero-order valence-corrected chi connectivity index (χ0v) is 8.96. The van der Waals surface area contributed by atoms with Gasteiger partial charge >= 0.3 is 0 Å². The minimum absolute atomic E-state index is 0.532. The minimum atomic E-state index is -0.532. The van der Waals surface area contributed by atoms with Crippen molar-refractivity contribution in [2.45, 2.75) is 51.0 Å². The third kappa shape index (κ3) is 1.81. The van der Waals surface area contributed by atoms with Crippen LogP contribution >= 0.6 is 0 Å². The van der Waals surface area contributed by atoms with Crippen molar-refractivity contribution < 1.29 is 9.84 Å². The van der Waals surface area contributed by atoms with Crippen molar-refractivity contribution in [1.29, 1.82) is 0 Å². The first-order valence-electron chi connectivity index (χ1n) is 5.78. The van der Waals surface area contributed by atoms with Gasteiger partial charge in [0.1, 0.15) is 0 Å². The van der Waals surface area contributed by atoms with Crippen molar-refractivity contribution in [2.24, 2.45) is 5.92 Å². The third-order valence-electron chi connectivity index (χ3n) is 3.72. The first-order valence-corrected chi connectivity index (χ1v) is 5.78. The molecule has 1 aliphatic carbocycles. The van der Waals surface area contributed by atoms with Gasteiger partial charge in [0.25, 0.3) is 0 Å². The van der Waals surface area contributed by atoms with Gasteiger partial charge in [-0.05, 0) is 30.8 Å². The van der Waals surface area contributed by atoms with Crippen molar-refractivity contribution in [1.82, 2.24) is 0 Å². The third-order valence-corrected chi connectivity index (χ3v) is 3.72. The van der Waals surface area contributed by atoms with E-state index in [1.807, 2.05) is 0 Å². The van der Waals surface area contributed by atoms with Gasteiger partial charge in [0.2, 0.25) is 0 Å². The molecule has 0 saturated heterocycles. The molecule has 0 aromatic rings. The molecule has 1 saturated carbocycles. The number of aliphatic hydroxyl groups is 1. The summed E-state index contributed by atoms with van der Waals surface area (Å²) in [7, 11) is 0. The highest BCUT2D eigenvalue weighted by atomic mass is 16.5. The molecule has 0 aromatic heterocycles. The molecule has 0 aromatic carbocycles. The molecule has 2 unspecified atom stereocenters. The molecular formula is C12H20O2. The van der Waals surface area contributed by atoms with Crippen LogP contribution in [-0.4, -0.2) is 17.3 Å². The normalized spacial score (nSPS) is 37.9.